The number of benzene rings is 1. The summed E-state index contributed by atoms with van der Waals surface area (Å²) >= 11 is 0. The molecule has 0 saturated carbocycles. The van der Waals surface area contributed by atoms with E-state index in [-0.39, 0.29) is 0 Å². The summed E-state index contributed by atoms with van der Waals surface area (Å²) in [6.07, 6.45) is 0. The van der Waals surface area contributed by atoms with E-state index >= 15 is 0 Å². The van der Waals surface area contributed by atoms with Gasteiger partial charge in [-0.2, -0.15) is 0 Å². The second kappa shape index (κ2) is 6.50. The Morgan fingerprint density at radius 2 is 1.25 bits per heavy atom. The molecule has 0 aromatic heterocycles. The predicted octanol–water partition coefficient (Wildman–Crippen LogP) is 5.36. The molecule has 1 fully saturated rings. The summed E-state index contributed by atoms with van der Waals surface area (Å²) in [7, 11) is -2.06. The molecular weight excluding hydrogens is 295 g/mol. The second-order valence-corrected chi connectivity index (χ2v) is 6.70. The second-order valence-electron chi connectivity index (χ2n) is 6.70. The Morgan fingerprint density at radius 1 is 0.833 bits per heavy atom. The van der Waals surface area contributed by atoms with Gasteiger partial charge in [0.25, 0.3) is 0 Å². The maximum atomic E-state index is 8.97. The van der Waals surface area contributed by atoms with Gasteiger partial charge in [0.15, 0.2) is 0 Å². The minimum Gasteiger partial charge on any atom is -0.399 e. The largest absolute Gasteiger partial charge is 0.495 e. The molecule has 0 radical (unpaired) electrons. The third kappa shape index (κ3) is 3.43. The first-order valence-electron chi connectivity index (χ1n) is 17.8. The maximum Gasteiger partial charge on any atom is 0.495 e. The van der Waals surface area contributed by atoms with Crippen LogP contribution in [0.2, 0.25) is 0 Å². The molecule has 1 aliphatic rings. The Morgan fingerprint density at radius 3 is 1.62 bits per heavy atom. The minimum atomic E-state index is -3.89. The van der Waals surface area contributed by atoms with Crippen LogP contribution in [0.4, 0.5) is 0 Å². The highest BCUT2D eigenvalue weighted by Crippen LogP contribution is 2.38. The van der Waals surface area contributed by atoms with E-state index in [0.717, 1.165) is 0 Å². The molecule has 0 unspecified atom stereocenters. The van der Waals surface area contributed by atoms with Crippen molar-refractivity contribution in [3.05, 3.63) is 28.8 Å². The zero-order valence-corrected chi connectivity index (χ0v) is 14.0. The lowest BCUT2D eigenvalue weighted by Gasteiger charge is -2.32. The van der Waals surface area contributed by atoms with E-state index < -0.39 is 99.3 Å². The van der Waals surface area contributed by atoms with Crippen molar-refractivity contribution in [2.75, 3.05) is 0 Å². The Bertz CT molecular complexity index is 1160. The van der Waals surface area contributed by atoms with E-state index in [0.29, 0.717) is 12.1 Å². The fourth-order valence-corrected chi connectivity index (χ4v) is 2.43. The molecule has 0 bridgehead atoms. The fourth-order valence-electron chi connectivity index (χ4n) is 2.43. The van der Waals surface area contributed by atoms with Crippen LogP contribution >= 0.6 is 0 Å². The van der Waals surface area contributed by atoms with Crippen LogP contribution in [-0.2, 0) is 9.31 Å². The highest BCUT2D eigenvalue weighted by Gasteiger charge is 2.53. The van der Waals surface area contributed by atoms with Crippen LogP contribution < -0.4 is 5.46 Å². The van der Waals surface area contributed by atoms with Crippen LogP contribution in [-0.4, -0.2) is 18.3 Å². The van der Waals surface area contributed by atoms with E-state index in [2.05, 4.69) is 0 Å². The zero-order valence-electron chi connectivity index (χ0n) is 35.0. The molecular formula is C21H35BO2. The number of hydrogen-bond donors (Lipinski definition) is 0. The normalized spacial score (nSPS) is 37.2. The van der Waals surface area contributed by atoms with Crippen LogP contribution in [0.1, 0.15) is 132 Å². The van der Waals surface area contributed by atoms with Crippen LogP contribution in [0.5, 0.6) is 0 Å². The third-order valence-corrected chi connectivity index (χ3v) is 4.50. The standard InChI is InChI=1S/C21H35BO2/c1-13(2)16-11-17(14(3)4)19(18(12-16)15(5)6)22-23-20(7,8)21(9,10)24-22/h11-15H,1-10H3/i1D3,2D3,3D3,4D3,5D3,6D3,13D,14D,15D. The average molecular weight is 351 g/mol. The summed E-state index contributed by atoms with van der Waals surface area (Å²) in [6.45, 7) is -17.3. The van der Waals surface area contributed by atoms with Gasteiger partial charge in [-0.3, -0.25) is 0 Å². The van der Waals surface area contributed by atoms with Crippen molar-refractivity contribution in [3.63, 3.8) is 0 Å². The first-order valence-corrected chi connectivity index (χ1v) is 7.32. The van der Waals surface area contributed by atoms with Gasteiger partial charge < -0.3 is 9.31 Å². The molecule has 3 heteroatoms. The van der Waals surface area contributed by atoms with E-state index in [1.807, 2.05) is 0 Å². The molecule has 2 rings (SSSR count). The van der Waals surface area contributed by atoms with E-state index in [1.165, 1.54) is 27.7 Å². The van der Waals surface area contributed by atoms with Gasteiger partial charge in [0.1, 0.15) is 0 Å². The van der Waals surface area contributed by atoms with Crippen molar-refractivity contribution in [2.45, 2.75) is 97.7 Å². The Balaban J connectivity index is 3.58. The van der Waals surface area contributed by atoms with Crippen molar-refractivity contribution in [2.24, 2.45) is 0 Å². The van der Waals surface area contributed by atoms with Gasteiger partial charge in [-0.15, -0.1) is 0 Å². The monoisotopic (exact) mass is 351 g/mol. The first kappa shape index (κ1) is 5.60. The van der Waals surface area contributed by atoms with Crippen LogP contribution in [0.3, 0.4) is 0 Å². The smallest absolute Gasteiger partial charge is 0.399 e. The van der Waals surface area contributed by atoms with Crippen molar-refractivity contribution >= 4 is 12.6 Å². The molecule has 0 amide bonds. The lowest BCUT2D eigenvalue weighted by molar-refractivity contribution is 0.00578. The van der Waals surface area contributed by atoms with E-state index in [4.69, 9.17) is 38.1 Å². The molecule has 2 nitrogen and oxygen atoms in total. The van der Waals surface area contributed by atoms with Gasteiger partial charge in [0, 0.05) is 28.8 Å². The summed E-state index contributed by atoms with van der Waals surface area (Å²) in [5.74, 6) is -11.5. The lowest BCUT2D eigenvalue weighted by atomic mass is 9.68. The molecule has 0 N–H and O–H groups in total. The van der Waals surface area contributed by atoms with Crippen molar-refractivity contribution in [1.29, 1.82) is 0 Å². The lowest BCUT2D eigenvalue weighted by Crippen LogP contribution is -2.41. The molecule has 1 saturated heterocycles. The number of hydrogen-bond acceptors (Lipinski definition) is 2. The van der Waals surface area contributed by atoms with Gasteiger partial charge in [-0.1, -0.05) is 53.2 Å². The van der Waals surface area contributed by atoms with Gasteiger partial charge >= 0.3 is 7.12 Å². The van der Waals surface area contributed by atoms with Crippen LogP contribution in [0, 0.1) is 0 Å². The topological polar surface area (TPSA) is 18.5 Å². The molecule has 1 aliphatic heterocycles. The highest BCUT2D eigenvalue weighted by molar-refractivity contribution is 6.63. The molecule has 1 heterocycles. The van der Waals surface area contributed by atoms with E-state index in [1.54, 1.807) is 0 Å². The summed E-state index contributed by atoms with van der Waals surface area (Å²) in [4.78, 5) is 0. The molecule has 134 valence electrons. The molecule has 0 spiro atoms. The van der Waals surface area contributed by atoms with E-state index in [9.17, 15) is 0 Å². The number of rotatable bonds is 4. The van der Waals surface area contributed by atoms with Gasteiger partial charge in [-0.05, 0) is 67.5 Å². The predicted molar refractivity (Wildman–Crippen MR) is 104 cm³/mol. The van der Waals surface area contributed by atoms with Crippen LogP contribution in [0.25, 0.3) is 0 Å². The molecule has 0 aliphatic carbocycles. The summed E-state index contributed by atoms with van der Waals surface area (Å²) < 4.78 is 184. The Labute approximate surface area is 179 Å². The van der Waals surface area contributed by atoms with Crippen molar-refractivity contribution < 1.29 is 38.1 Å². The van der Waals surface area contributed by atoms with Crippen molar-refractivity contribution in [3.8, 4) is 0 Å². The third-order valence-electron chi connectivity index (χ3n) is 4.50. The first-order chi connectivity index (χ1) is 19.3. The minimum absolute atomic E-state index is 0.348. The molecule has 24 heavy (non-hydrogen) atoms. The maximum absolute atomic E-state index is 8.97. The quantitative estimate of drug-likeness (QED) is 0.680. The summed E-state index contributed by atoms with van der Waals surface area (Å²) in [6, 6.07) is 0.696. The summed E-state index contributed by atoms with van der Waals surface area (Å²) in [5.41, 5.74) is -7.62. The van der Waals surface area contributed by atoms with Gasteiger partial charge in [-0.25, -0.2) is 0 Å². The Hall–Kier alpha value is -0.795. The average Bonchev–Trinajstić information content (AvgIpc) is 2.98. The van der Waals surface area contributed by atoms with Crippen molar-refractivity contribution in [1.82, 2.24) is 0 Å². The van der Waals surface area contributed by atoms with Gasteiger partial charge in [0.05, 0.1) is 11.2 Å². The van der Waals surface area contributed by atoms with Gasteiger partial charge in [0.2, 0.25) is 0 Å². The van der Waals surface area contributed by atoms with Crippen LogP contribution in [0.15, 0.2) is 12.1 Å². The molecule has 0 atom stereocenters. The highest BCUT2D eigenvalue weighted by atomic mass is 16.7. The Kier molecular flexibility index (Phi) is 1.52. The zero-order chi connectivity index (χ0) is 36.2. The molecule has 1 aromatic carbocycles. The molecule has 1 aromatic rings. The SMILES string of the molecule is [2H]C([2H])([2H])C([2H])(c1cc(C([2H])(C([2H])([2H])[2H])C([2H])([2H])[2H])c(B2OC(C)(C)C(C)(C)O2)c(C([2H])(C([2H])([2H])[2H])C([2H])([2H])[2H])c1)C([2H])([2H])[2H]. The fraction of sp³-hybridized carbons (Fsp3) is 0.714. The summed E-state index contributed by atoms with van der Waals surface area (Å²) in [5, 5.41) is 0.